The lowest BCUT2D eigenvalue weighted by molar-refractivity contribution is 1.19. The third-order valence-corrected chi connectivity index (χ3v) is 14.5. The fraction of sp³-hybridized carbons (Fsp3) is 0. The van der Waals surface area contributed by atoms with Crippen LogP contribution in [-0.2, 0) is 0 Å². The molecule has 232 valence electrons. The van der Waals surface area contributed by atoms with Gasteiger partial charge >= 0.3 is 0 Å². The van der Waals surface area contributed by atoms with Gasteiger partial charge in [-0.15, -0.1) is 0 Å². The number of para-hydroxylation sites is 2. The molecule has 0 spiro atoms. The van der Waals surface area contributed by atoms with Gasteiger partial charge < -0.3 is 4.57 Å². The lowest BCUT2D eigenvalue weighted by Crippen LogP contribution is -2.75. The summed E-state index contributed by atoms with van der Waals surface area (Å²) < 4.78 is 2.16. The van der Waals surface area contributed by atoms with E-state index in [-0.39, 0.29) is 0 Å². The topological polar surface area (TPSA) is 56.9 Å². The first-order valence-corrected chi connectivity index (χ1v) is 18.4. The molecule has 0 aliphatic carbocycles. The van der Waals surface area contributed by atoms with Crippen LogP contribution >= 0.6 is 0 Å². The fourth-order valence-electron chi connectivity index (χ4n) is 7.63. The molecule has 1 heterocycles. The summed E-state index contributed by atoms with van der Waals surface area (Å²) in [4.78, 5) is 4.09. The van der Waals surface area contributed by atoms with Crippen LogP contribution in [-0.4, -0.2) is 12.6 Å². The number of hydrogen-bond donors (Lipinski definition) is 0. The monoisotopic (exact) mass is 652 g/mol. The first kappa shape index (κ1) is 30.4. The van der Waals surface area contributed by atoms with Crippen LogP contribution in [0.15, 0.2) is 170 Å². The second-order valence-electron chi connectivity index (χ2n) is 12.2. The Morgan fingerprint density at radius 2 is 1.08 bits per heavy atom. The highest BCUT2D eigenvalue weighted by Gasteiger charge is 2.45. The van der Waals surface area contributed by atoms with Gasteiger partial charge in [0, 0.05) is 10.8 Å². The standard InChI is InChI=1S/C45H28N4Si/c1-48-41-25-14-23-38(44(41)49-42-26-12-11-22-37(42)40-29-32(30-46)27-28-43(40)49)39-24-13-15-33(31-47)45(39)50(34-16-5-2-6-17-34,35-18-7-3-8-19-35)36-20-9-4-10-21-36/h2-29H. The Hall–Kier alpha value is -6.97. The van der Waals surface area contributed by atoms with Crippen molar-refractivity contribution in [1.82, 2.24) is 4.57 Å². The molecule has 0 bridgehead atoms. The highest BCUT2D eigenvalue weighted by Crippen LogP contribution is 2.41. The van der Waals surface area contributed by atoms with E-state index in [1.807, 2.05) is 72.8 Å². The summed E-state index contributed by atoms with van der Waals surface area (Å²) in [5.74, 6) is 0. The summed E-state index contributed by atoms with van der Waals surface area (Å²) in [6.45, 7) is 8.41. The van der Waals surface area contributed by atoms with Crippen molar-refractivity contribution in [2.75, 3.05) is 0 Å². The average Bonchev–Trinajstić information content (AvgIpc) is 3.52. The molecule has 0 N–H and O–H groups in total. The maximum atomic E-state index is 11.0. The second-order valence-corrected chi connectivity index (χ2v) is 15.9. The molecule has 0 aliphatic rings. The maximum absolute atomic E-state index is 11.0. The molecule has 0 radical (unpaired) electrons. The van der Waals surface area contributed by atoms with Crippen LogP contribution < -0.4 is 20.7 Å². The lowest BCUT2D eigenvalue weighted by Gasteiger charge is -2.37. The Kier molecular flexibility index (Phi) is 7.63. The van der Waals surface area contributed by atoms with Crippen molar-refractivity contribution >= 4 is 56.3 Å². The third-order valence-electron chi connectivity index (χ3n) is 9.63. The van der Waals surface area contributed by atoms with Crippen molar-refractivity contribution in [2.24, 2.45) is 0 Å². The van der Waals surface area contributed by atoms with E-state index in [4.69, 9.17) is 6.57 Å². The summed E-state index contributed by atoms with van der Waals surface area (Å²) in [7, 11) is -3.19. The Balaban J connectivity index is 1.57. The highest BCUT2D eigenvalue weighted by molar-refractivity contribution is 7.20. The van der Waals surface area contributed by atoms with Crippen molar-refractivity contribution in [1.29, 1.82) is 10.5 Å². The molecule has 0 fully saturated rings. The number of rotatable bonds is 6. The molecule has 4 nitrogen and oxygen atoms in total. The molecule has 0 amide bonds. The van der Waals surface area contributed by atoms with E-state index in [1.165, 1.54) is 0 Å². The molecule has 0 saturated carbocycles. The quantitative estimate of drug-likeness (QED) is 0.104. The molecule has 0 unspecified atom stereocenters. The summed E-state index contributed by atoms with van der Waals surface area (Å²) >= 11 is 0. The predicted molar refractivity (Wildman–Crippen MR) is 206 cm³/mol. The molecule has 8 aromatic rings. The molecule has 1 aromatic heterocycles. The Bertz CT molecular complexity index is 2580. The minimum Gasteiger partial charge on any atom is -0.318 e. The Labute approximate surface area is 291 Å². The van der Waals surface area contributed by atoms with Crippen molar-refractivity contribution in [3.63, 3.8) is 0 Å². The van der Waals surface area contributed by atoms with Gasteiger partial charge in [-0.25, -0.2) is 4.85 Å². The van der Waals surface area contributed by atoms with Gasteiger partial charge in [0.25, 0.3) is 0 Å². The van der Waals surface area contributed by atoms with E-state index in [0.29, 0.717) is 16.8 Å². The SMILES string of the molecule is [C-]#[N+]c1cccc(-c2cccc(C#N)c2[Si](c2ccccc2)(c2ccccc2)c2ccccc2)c1-n1c2ccccc2c2cc(C#N)ccc21. The molecule has 0 atom stereocenters. The summed E-state index contributed by atoms with van der Waals surface area (Å²) in [6, 6.07) is 62.4. The van der Waals surface area contributed by atoms with Gasteiger partial charge in [-0.3, -0.25) is 0 Å². The predicted octanol–water partition coefficient (Wildman–Crippen LogP) is 8.12. The van der Waals surface area contributed by atoms with Crippen LogP contribution in [0, 0.1) is 29.2 Å². The minimum atomic E-state index is -3.19. The molecular formula is C45H28N4Si. The van der Waals surface area contributed by atoms with Crippen molar-refractivity contribution in [3.8, 4) is 29.0 Å². The van der Waals surface area contributed by atoms with E-state index in [0.717, 1.165) is 59.4 Å². The molecule has 5 heteroatoms. The molecular weight excluding hydrogens is 625 g/mol. The average molecular weight is 653 g/mol. The number of nitrogens with zero attached hydrogens (tertiary/aromatic N) is 4. The lowest BCUT2D eigenvalue weighted by atomic mass is 9.99. The summed E-state index contributed by atoms with van der Waals surface area (Å²) in [5, 5.41) is 27.1. The van der Waals surface area contributed by atoms with Crippen molar-refractivity contribution in [2.45, 2.75) is 0 Å². The third kappa shape index (κ3) is 4.64. The zero-order valence-corrected chi connectivity index (χ0v) is 28.0. The molecule has 0 saturated heterocycles. The zero-order chi connectivity index (χ0) is 34.1. The van der Waals surface area contributed by atoms with Gasteiger partial charge in [-0.1, -0.05) is 140 Å². The summed E-state index contributed by atoms with van der Waals surface area (Å²) in [5.41, 5.74) is 6.02. The minimum absolute atomic E-state index is 0.495. The van der Waals surface area contributed by atoms with Gasteiger partial charge in [-0.2, -0.15) is 10.5 Å². The van der Waals surface area contributed by atoms with Crippen LogP contribution in [0.5, 0.6) is 0 Å². The van der Waals surface area contributed by atoms with E-state index < -0.39 is 8.07 Å². The largest absolute Gasteiger partial charge is 0.318 e. The number of hydrogen-bond acceptors (Lipinski definition) is 2. The van der Waals surface area contributed by atoms with Crippen LogP contribution in [0.1, 0.15) is 11.1 Å². The van der Waals surface area contributed by atoms with Crippen LogP contribution in [0.4, 0.5) is 5.69 Å². The van der Waals surface area contributed by atoms with Gasteiger partial charge in [0.05, 0.1) is 46.6 Å². The first-order chi connectivity index (χ1) is 24.7. The first-order valence-electron chi connectivity index (χ1n) is 16.4. The molecule has 8 rings (SSSR count). The van der Waals surface area contributed by atoms with E-state index in [9.17, 15) is 10.5 Å². The van der Waals surface area contributed by atoms with Gasteiger partial charge in [-0.05, 0) is 62.2 Å². The second kappa shape index (κ2) is 12.6. The van der Waals surface area contributed by atoms with Gasteiger partial charge in [0.1, 0.15) is 0 Å². The highest BCUT2D eigenvalue weighted by atomic mass is 28.3. The van der Waals surface area contributed by atoms with Crippen LogP contribution in [0.3, 0.4) is 0 Å². The van der Waals surface area contributed by atoms with E-state index in [1.54, 1.807) is 0 Å². The smallest absolute Gasteiger partial charge is 0.211 e. The fourth-order valence-corrected chi connectivity index (χ4v) is 12.7. The number of benzene rings is 7. The van der Waals surface area contributed by atoms with Crippen molar-refractivity contribution < 1.29 is 0 Å². The van der Waals surface area contributed by atoms with Gasteiger partial charge in [0.2, 0.25) is 5.69 Å². The van der Waals surface area contributed by atoms with Gasteiger partial charge in [0.15, 0.2) is 8.07 Å². The number of nitriles is 2. The number of fused-ring (bicyclic) bond motifs is 3. The molecule has 0 aliphatic heterocycles. The Morgan fingerprint density at radius 1 is 0.520 bits per heavy atom. The summed E-state index contributed by atoms with van der Waals surface area (Å²) in [6.07, 6.45) is 0. The molecule has 50 heavy (non-hydrogen) atoms. The van der Waals surface area contributed by atoms with E-state index >= 15 is 0 Å². The van der Waals surface area contributed by atoms with E-state index in [2.05, 4.69) is 119 Å². The molecule has 7 aromatic carbocycles. The van der Waals surface area contributed by atoms with Crippen LogP contribution in [0.2, 0.25) is 0 Å². The van der Waals surface area contributed by atoms with Crippen molar-refractivity contribution in [3.05, 3.63) is 192 Å². The zero-order valence-electron chi connectivity index (χ0n) is 27.0. The normalized spacial score (nSPS) is 11.1. The van der Waals surface area contributed by atoms with Crippen LogP contribution in [0.25, 0.3) is 43.5 Å². The number of aromatic nitrogens is 1. The maximum Gasteiger partial charge on any atom is 0.211 e. The Morgan fingerprint density at radius 3 is 1.68 bits per heavy atom.